The number of nitrogens with zero attached hydrogens (tertiary/aromatic N) is 1. The predicted molar refractivity (Wildman–Crippen MR) is 76.6 cm³/mol. The van der Waals surface area contributed by atoms with E-state index in [4.69, 9.17) is 0 Å². The maximum Gasteiger partial charge on any atom is 0.416 e. The molecule has 0 spiro atoms. The summed E-state index contributed by atoms with van der Waals surface area (Å²) >= 11 is 0. The van der Waals surface area contributed by atoms with Gasteiger partial charge in [-0.15, -0.1) is 0 Å². The molecule has 0 aliphatic rings. The molecule has 22 heavy (non-hydrogen) atoms. The van der Waals surface area contributed by atoms with E-state index >= 15 is 0 Å². The lowest BCUT2D eigenvalue weighted by atomic mass is 10.1. The van der Waals surface area contributed by atoms with E-state index in [1.807, 2.05) is 30.3 Å². The maximum absolute atomic E-state index is 12.7. The summed E-state index contributed by atoms with van der Waals surface area (Å²) in [5, 5.41) is 0. The van der Waals surface area contributed by atoms with Gasteiger partial charge in [-0.05, 0) is 23.8 Å². The van der Waals surface area contributed by atoms with E-state index < -0.39 is 17.3 Å². The molecule has 0 aliphatic heterocycles. The summed E-state index contributed by atoms with van der Waals surface area (Å²) in [6, 6.07) is 12.4. The highest BCUT2D eigenvalue weighted by molar-refractivity contribution is 5.75. The van der Waals surface area contributed by atoms with Gasteiger partial charge in [0.1, 0.15) is 5.69 Å². The first-order chi connectivity index (χ1) is 10.4. The van der Waals surface area contributed by atoms with Crippen LogP contribution in [0.5, 0.6) is 0 Å². The summed E-state index contributed by atoms with van der Waals surface area (Å²) in [6.07, 6.45) is -4.12. The van der Waals surface area contributed by atoms with Crippen molar-refractivity contribution in [3.05, 3.63) is 75.7 Å². The number of halogens is 3. The molecule has 1 N–H and O–H groups in total. The molecule has 3 rings (SSSR count). The van der Waals surface area contributed by atoms with E-state index in [1.165, 1.54) is 6.07 Å². The van der Waals surface area contributed by atoms with Crippen molar-refractivity contribution in [2.45, 2.75) is 12.6 Å². The Hall–Kier alpha value is -2.63. The Labute approximate surface area is 123 Å². The lowest BCUT2D eigenvalue weighted by Crippen LogP contribution is -2.16. The van der Waals surface area contributed by atoms with Crippen LogP contribution >= 0.6 is 0 Å². The van der Waals surface area contributed by atoms with E-state index in [9.17, 15) is 18.0 Å². The van der Waals surface area contributed by atoms with E-state index in [2.05, 4.69) is 9.97 Å². The van der Waals surface area contributed by atoms with Crippen molar-refractivity contribution < 1.29 is 13.2 Å². The summed E-state index contributed by atoms with van der Waals surface area (Å²) in [6.45, 7) is 0. The molecular formula is C16H11F3N2O. The molecule has 1 aromatic heterocycles. The third-order valence-corrected chi connectivity index (χ3v) is 3.30. The van der Waals surface area contributed by atoms with Crippen LogP contribution in [-0.2, 0) is 12.6 Å². The highest BCUT2D eigenvalue weighted by Gasteiger charge is 2.30. The molecule has 112 valence electrons. The highest BCUT2D eigenvalue weighted by Crippen LogP contribution is 2.30. The van der Waals surface area contributed by atoms with Crippen LogP contribution in [0.4, 0.5) is 13.2 Å². The number of nitrogens with one attached hydrogen (secondary N) is 1. The molecule has 0 bridgehead atoms. The van der Waals surface area contributed by atoms with Crippen molar-refractivity contribution >= 4 is 11.0 Å². The maximum atomic E-state index is 12.7. The molecule has 0 fully saturated rings. The Bertz CT molecular complexity index is 870. The van der Waals surface area contributed by atoms with Gasteiger partial charge in [0.2, 0.25) is 0 Å². The molecule has 0 saturated carbocycles. The fourth-order valence-corrected chi connectivity index (χ4v) is 2.21. The average molecular weight is 304 g/mol. The van der Waals surface area contributed by atoms with Gasteiger partial charge in [-0.1, -0.05) is 30.3 Å². The van der Waals surface area contributed by atoms with Gasteiger partial charge in [-0.3, -0.25) is 4.79 Å². The van der Waals surface area contributed by atoms with Crippen molar-refractivity contribution in [3.63, 3.8) is 0 Å². The number of fused-ring (bicyclic) bond motifs is 1. The molecule has 0 aliphatic carbocycles. The van der Waals surface area contributed by atoms with Crippen molar-refractivity contribution in [3.8, 4) is 0 Å². The van der Waals surface area contributed by atoms with Gasteiger partial charge in [0.25, 0.3) is 5.56 Å². The van der Waals surface area contributed by atoms with Gasteiger partial charge < -0.3 is 4.98 Å². The Kier molecular flexibility index (Phi) is 3.44. The van der Waals surface area contributed by atoms with Crippen LogP contribution in [0.15, 0.2) is 53.3 Å². The van der Waals surface area contributed by atoms with Crippen LogP contribution in [-0.4, -0.2) is 9.97 Å². The fraction of sp³-hybridized carbons (Fsp3) is 0.125. The second kappa shape index (κ2) is 5.29. The first kappa shape index (κ1) is 14.3. The van der Waals surface area contributed by atoms with Crippen LogP contribution in [0, 0.1) is 0 Å². The molecule has 0 amide bonds. The summed E-state index contributed by atoms with van der Waals surface area (Å²) in [5.74, 6) is 0. The van der Waals surface area contributed by atoms with Gasteiger partial charge in [0.05, 0.1) is 16.6 Å². The third-order valence-electron chi connectivity index (χ3n) is 3.30. The lowest BCUT2D eigenvalue weighted by molar-refractivity contribution is -0.137. The minimum atomic E-state index is -4.45. The number of hydrogen-bond donors (Lipinski definition) is 1. The second-order valence-electron chi connectivity index (χ2n) is 4.90. The Morgan fingerprint density at radius 2 is 1.77 bits per heavy atom. The van der Waals surface area contributed by atoms with Gasteiger partial charge in [-0.25, -0.2) is 4.98 Å². The molecule has 0 unspecified atom stereocenters. The number of rotatable bonds is 2. The zero-order valence-corrected chi connectivity index (χ0v) is 11.3. The number of hydrogen-bond acceptors (Lipinski definition) is 2. The zero-order valence-electron chi connectivity index (χ0n) is 11.3. The summed E-state index contributed by atoms with van der Waals surface area (Å²) in [4.78, 5) is 18.7. The Morgan fingerprint density at radius 3 is 2.45 bits per heavy atom. The van der Waals surface area contributed by atoms with Gasteiger partial charge >= 0.3 is 6.18 Å². The average Bonchev–Trinajstić information content (AvgIpc) is 2.47. The van der Waals surface area contributed by atoms with Crippen LogP contribution in [0.2, 0.25) is 0 Å². The number of alkyl halides is 3. The van der Waals surface area contributed by atoms with Gasteiger partial charge in [0.15, 0.2) is 0 Å². The molecule has 0 saturated heterocycles. The number of aromatic nitrogens is 2. The third kappa shape index (κ3) is 2.86. The van der Waals surface area contributed by atoms with E-state index in [1.54, 1.807) is 0 Å². The van der Waals surface area contributed by atoms with Gasteiger partial charge in [0, 0.05) is 6.42 Å². The molecule has 2 aromatic carbocycles. The molecule has 3 nitrogen and oxygen atoms in total. The van der Waals surface area contributed by atoms with Crippen LogP contribution in [0.1, 0.15) is 16.8 Å². The molecule has 3 aromatic rings. The van der Waals surface area contributed by atoms with E-state index in [0.717, 1.165) is 17.7 Å². The minimum absolute atomic E-state index is 0.0802. The van der Waals surface area contributed by atoms with Crippen LogP contribution < -0.4 is 5.56 Å². The second-order valence-corrected chi connectivity index (χ2v) is 4.90. The first-order valence-electron chi connectivity index (χ1n) is 6.57. The topological polar surface area (TPSA) is 45.8 Å². The molecule has 6 heteroatoms. The van der Waals surface area contributed by atoms with E-state index in [0.29, 0.717) is 11.9 Å². The number of aromatic amines is 1. The first-order valence-corrected chi connectivity index (χ1v) is 6.57. The van der Waals surface area contributed by atoms with Crippen molar-refractivity contribution in [2.75, 3.05) is 0 Å². The largest absolute Gasteiger partial charge is 0.416 e. The fourth-order valence-electron chi connectivity index (χ4n) is 2.21. The normalized spacial score (nSPS) is 11.8. The summed E-state index contributed by atoms with van der Waals surface area (Å²) < 4.78 is 38.0. The molecule has 0 atom stereocenters. The van der Waals surface area contributed by atoms with Gasteiger partial charge in [-0.2, -0.15) is 13.2 Å². The monoisotopic (exact) mass is 304 g/mol. The highest BCUT2D eigenvalue weighted by atomic mass is 19.4. The summed E-state index contributed by atoms with van der Waals surface area (Å²) in [5.41, 5.74) is 0.310. The zero-order chi connectivity index (χ0) is 15.7. The van der Waals surface area contributed by atoms with Crippen molar-refractivity contribution in [2.24, 2.45) is 0 Å². The molecular weight excluding hydrogens is 293 g/mol. The quantitative estimate of drug-likeness (QED) is 0.787. The lowest BCUT2D eigenvalue weighted by Gasteiger charge is -2.08. The van der Waals surface area contributed by atoms with Crippen molar-refractivity contribution in [1.29, 1.82) is 0 Å². The minimum Gasteiger partial charge on any atom is -0.319 e. The molecule has 0 radical (unpaired) electrons. The molecule has 1 heterocycles. The number of H-pyrrole nitrogens is 1. The SMILES string of the molecule is O=c1[nH]c2cc(C(F)(F)F)ccc2nc1Cc1ccccc1. The van der Waals surface area contributed by atoms with Crippen LogP contribution in [0.3, 0.4) is 0 Å². The Morgan fingerprint density at radius 1 is 1.05 bits per heavy atom. The summed E-state index contributed by atoms with van der Waals surface area (Å²) in [7, 11) is 0. The Balaban J connectivity index is 2.04. The van der Waals surface area contributed by atoms with E-state index in [-0.39, 0.29) is 11.2 Å². The van der Waals surface area contributed by atoms with Crippen molar-refractivity contribution in [1.82, 2.24) is 9.97 Å². The standard InChI is InChI=1S/C16H11F3N2O/c17-16(18,19)11-6-7-12-13(9-11)21-15(22)14(20-12)8-10-4-2-1-3-5-10/h1-7,9H,8H2,(H,21,22). The van der Waals surface area contributed by atoms with Crippen LogP contribution in [0.25, 0.3) is 11.0 Å². The predicted octanol–water partition coefficient (Wildman–Crippen LogP) is 3.53. The number of benzene rings is 2. The smallest absolute Gasteiger partial charge is 0.319 e.